The largest absolute Gasteiger partial charge is 0.325 e. The van der Waals surface area contributed by atoms with Gasteiger partial charge in [-0.15, -0.1) is 5.10 Å². The molecule has 3 rings (SSSR count). The monoisotopic (exact) mass is 424 g/mol. The number of aryl methyl sites for hydroxylation is 2. The first kappa shape index (κ1) is 20.7. The number of rotatable bonds is 6. The van der Waals surface area contributed by atoms with Gasteiger partial charge in [-0.3, -0.25) is 4.79 Å². The average molecular weight is 425 g/mol. The molecule has 11 heteroatoms. The van der Waals surface area contributed by atoms with E-state index in [1.165, 1.54) is 16.4 Å². The Balaban J connectivity index is 1.71. The molecule has 1 aromatic carbocycles. The van der Waals surface area contributed by atoms with Crippen LogP contribution in [0, 0.1) is 6.92 Å². The van der Waals surface area contributed by atoms with Crippen LogP contribution in [-0.2, 0) is 21.9 Å². The summed E-state index contributed by atoms with van der Waals surface area (Å²) in [7, 11) is -1.89. The number of hydrogen-bond acceptors (Lipinski definition) is 7. The van der Waals surface area contributed by atoms with Gasteiger partial charge in [-0.2, -0.15) is 4.31 Å². The van der Waals surface area contributed by atoms with Crippen molar-refractivity contribution in [3.05, 3.63) is 23.8 Å². The van der Waals surface area contributed by atoms with Crippen LogP contribution in [0.1, 0.15) is 31.2 Å². The van der Waals surface area contributed by atoms with Crippen LogP contribution in [0.4, 0.5) is 5.69 Å². The lowest BCUT2D eigenvalue weighted by atomic mass is 10.2. The number of thioether (sulfide) groups is 1. The van der Waals surface area contributed by atoms with Crippen molar-refractivity contribution < 1.29 is 13.2 Å². The average Bonchev–Trinajstić information content (AvgIpc) is 2.90. The van der Waals surface area contributed by atoms with Gasteiger partial charge in [0.25, 0.3) is 0 Å². The predicted molar refractivity (Wildman–Crippen MR) is 107 cm³/mol. The molecule has 1 saturated heterocycles. The lowest BCUT2D eigenvalue weighted by molar-refractivity contribution is -0.113. The molecule has 0 saturated carbocycles. The molecule has 28 heavy (non-hydrogen) atoms. The van der Waals surface area contributed by atoms with E-state index in [4.69, 9.17) is 0 Å². The van der Waals surface area contributed by atoms with Crippen molar-refractivity contribution in [1.29, 1.82) is 0 Å². The summed E-state index contributed by atoms with van der Waals surface area (Å²) in [6.45, 7) is 2.86. The third kappa shape index (κ3) is 4.89. The Bertz CT molecular complexity index is 936. The van der Waals surface area contributed by atoms with Crippen LogP contribution < -0.4 is 5.32 Å². The first-order chi connectivity index (χ1) is 13.4. The van der Waals surface area contributed by atoms with Gasteiger partial charge in [-0.25, -0.2) is 13.1 Å². The normalized spacial score (nSPS) is 15.9. The van der Waals surface area contributed by atoms with E-state index >= 15 is 0 Å². The van der Waals surface area contributed by atoms with E-state index in [0.29, 0.717) is 29.5 Å². The number of nitrogens with zero attached hydrogens (tertiary/aromatic N) is 5. The number of anilines is 1. The quantitative estimate of drug-likeness (QED) is 0.704. The highest BCUT2D eigenvalue weighted by Crippen LogP contribution is 2.26. The van der Waals surface area contributed by atoms with Gasteiger partial charge in [0, 0.05) is 25.8 Å². The van der Waals surface area contributed by atoms with Gasteiger partial charge in [0.1, 0.15) is 0 Å². The molecule has 152 valence electrons. The maximum Gasteiger partial charge on any atom is 0.243 e. The van der Waals surface area contributed by atoms with E-state index in [1.54, 1.807) is 36.5 Å². The highest BCUT2D eigenvalue weighted by atomic mass is 32.2. The van der Waals surface area contributed by atoms with E-state index in [0.717, 1.165) is 25.7 Å². The summed E-state index contributed by atoms with van der Waals surface area (Å²) in [6.07, 6.45) is 3.87. The number of sulfonamides is 1. The van der Waals surface area contributed by atoms with Crippen LogP contribution in [0.5, 0.6) is 0 Å². The standard InChI is InChI=1S/C17H24N6O3S2/c1-13-7-8-14(18-16(24)12-27-17-19-20-21-22(17)2)11-15(13)28(25,26)23-9-5-3-4-6-10-23/h7-8,11H,3-6,9-10,12H2,1-2H3,(H,18,24). The van der Waals surface area contributed by atoms with E-state index in [2.05, 4.69) is 20.8 Å². The van der Waals surface area contributed by atoms with Crippen molar-refractivity contribution in [2.75, 3.05) is 24.2 Å². The summed E-state index contributed by atoms with van der Waals surface area (Å²) in [5, 5.41) is 14.3. The molecule has 9 nitrogen and oxygen atoms in total. The number of carbonyl (C=O) groups excluding carboxylic acids is 1. The fraction of sp³-hybridized carbons (Fsp3) is 0.529. The molecule has 2 heterocycles. The predicted octanol–water partition coefficient (Wildman–Crippen LogP) is 1.81. The fourth-order valence-electron chi connectivity index (χ4n) is 3.05. The molecule has 2 aromatic rings. The second-order valence-corrected chi connectivity index (χ2v) is 9.57. The van der Waals surface area contributed by atoms with E-state index in [1.807, 2.05) is 0 Å². The molecule has 1 aromatic heterocycles. The second kappa shape index (κ2) is 9.01. The van der Waals surface area contributed by atoms with Crippen LogP contribution in [-0.4, -0.2) is 57.7 Å². The zero-order chi connectivity index (χ0) is 20.1. The highest BCUT2D eigenvalue weighted by Gasteiger charge is 2.27. The number of aromatic nitrogens is 4. The maximum atomic E-state index is 13.1. The first-order valence-electron chi connectivity index (χ1n) is 9.14. The summed E-state index contributed by atoms with van der Waals surface area (Å²) in [4.78, 5) is 12.5. The maximum absolute atomic E-state index is 13.1. The number of hydrogen-bond donors (Lipinski definition) is 1. The minimum atomic E-state index is -3.58. The SMILES string of the molecule is Cc1ccc(NC(=O)CSc2nnnn2C)cc1S(=O)(=O)N1CCCCCC1. The van der Waals surface area contributed by atoms with Crippen LogP contribution >= 0.6 is 11.8 Å². The number of nitrogens with one attached hydrogen (secondary N) is 1. The highest BCUT2D eigenvalue weighted by molar-refractivity contribution is 7.99. The number of tetrazole rings is 1. The number of amides is 1. The summed E-state index contributed by atoms with van der Waals surface area (Å²) in [5.74, 6) is -0.133. The van der Waals surface area contributed by atoms with Gasteiger partial charge in [-0.05, 0) is 47.9 Å². The number of benzene rings is 1. The van der Waals surface area contributed by atoms with Crippen LogP contribution in [0.15, 0.2) is 28.3 Å². The molecule has 1 aliphatic rings. The summed E-state index contributed by atoms with van der Waals surface area (Å²) in [5.41, 5.74) is 1.13. The third-order valence-corrected chi connectivity index (χ3v) is 7.62. The van der Waals surface area contributed by atoms with Gasteiger partial charge in [-0.1, -0.05) is 30.7 Å². The zero-order valence-electron chi connectivity index (χ0n) is 16.0. The number of carbonyl (C=O) groups is 1. The second-order valence-electron chi connectivity index (χ2n) is 6.72. The van der Waals surface area contributed by atoms with Crippen molar-refractivity contribution >= 4 is 33.4 Å². The van der Waals surface area contributed by atoms with Crippen molar-refractivity contribution in [2.45, 2.75) is 42.7 Å². The van der Waals surface area contributed by atoms with Crippen molar-refractivity contribution in [1.82, 2.24) is 24.5 Å². The Labute approximate surface area is 168 Å². The van der Waals surface area contributed by atoms with Gasteiger partial charge < -0.3 is 5.32 Å². The molecular weight excluding hydrogens is 400 g/mol. The van der Waals surface area contributed by atoms with Crippen molar-refractivity contribution in [3.63, 3.8) is 0 Å². The lowest BCUT2D eigenvalue weighted by Crippen LogP contribution is -2.32. The van der Waals surface area contributed by atoms with Crippen LogP contribution in [0.25, 0.3) is 0 Å². The van der Waals surface area contributed by atoms with E-state index in [9.17, 15) is 13.2 Å². The van der Waals surface area contributed by atoms with E-state index < -0.39 is 10.0 Å². The summed E-state index contributed by atoms with van der Waals surface area (Å²) in [6, 6.07) is 4.98. The molecular formula is C17H24N6O3S2. The smallest absolute Gasteiger partial charge is 0.243 e. The van der Waals surface area contributed by atoms with E-state index in [-0.39, 0.29) is 16.6 Å². The molecule has 1 aliphatic heterocycles. The van der Waals surface area contributed by atoms with Crippen LogP contribution in [0.3, 0.4) is 0 Å². The minimum Gasteiger partial charge on any atom is -0.325 e. The minimum absolute atomic E-state index is 0.121. The van der Waals surface area contributed by atoms with Gasteiger partial charge >= 0.3 is 0 Å². The summed E-state index contributed by atoms with van der Waals surface area (Å²) >= 11 is 1.21. The zero-order valence-corrected chi connectivity index (χ0v) is 17.6. The van der Waals surface area contributed by atoms with Gasteiger partial charge in [0.05, 0.1) is 10.6 Å². The Hall–Kier alpha value is -1.98. The Kier molecular flexibility index (Phi) is 6.68. The van der Waals surface area contributed by atoms with Crippen molar-refractivity contribution in [3.8, 4) is 0 Å². The molecule has 0 aliphatic carbocycles. The molecule has 0 atom stereocenters. The third-order valence-electron chi connectivity index (χ3n) is 4.57. The Morgan fingerprint density at radius 1 is 1.21 bits per heavy atom. The molecule has 0 spiro atoms. The molecule has 1 fully saturated rings. The molecule has 1 amide bonds. The molecule has 0 radical (unpaired) electrons. The Morgan fingerprint density at radius 2 is 1.93 bits per heavy atom. The summed E-state index contributed by atoms with van der Waals surface area (Å²) < 4.78 is 29.2. The van der Waals surface area contributed by atoms with Crippen LogP contribution in [0.2, 0.25) is 0 Å². The van der Waals surface area contributed by atoms with Gasteiger partial charge in [0.15, 0.2) is 0 Å². The Morgan fingerprint density at radius 3 is 2.57 bits per heavy atom. The first-order valence-corrected chi connectivity index (χ1v) is 11.6. The fourth-order valence-corrected chi connectivity index (χ4v) is 5.47. The molecule has 0 unspecified atom stereocenters. The molecule has 0 bridgehead atoms. The molecule has 1 N–H and O–H groups in total. The van der Waals surface area contributed by atoms with Crippen molar-refractivity contribution in [2.24, 2.45) is 7.05 Å². The van der Waals surface area contributed by atoms with Gasteiger partial charge in [0.2, 0.25) is 21.1 Å². The topological polar surface area (TPSA) is 110 Å². The lowest BCUT2D eigenvalue weighted by Gasteiger charge is -2.21.